The summed E-state index contributed by atoms with van der Waals surface area (Å²) in [5.41, 5.74) is -0.0724. The lowest BCUT2D eigenvalue weighted by Crippen LogP contribution is -2.01. The first kappa shape index (κ1) is 11.1. The largest absolute Gasteiger partial charge is 0.477 e. The maximum Gasteiger partial charge on any atom is 0.341 e. The van der Waals surface area contributed by atoms with Crippen molar-refractivity contribution < 1.29 is 19.0 Å². The predicted molar refractivity (Wildman–Crippen MR) is 57.7 cm³/mol. The molecule has 0 aliphatic rings. The molecule has 1 aromatic carbocycles. The zero-order chi connectivity index (χ0) is 12.3. The molecule has 0 radical (unpaired) electrons. The van der Waals surface area contributed by atoms with Gasteiger partial charge in [-0.2, -0.15) is 0 Å². The minimum Gasteiger partial charge on any atom is -0.477 e. The fourth-order valence-corrected chi connectivity index (χ4v) is 1.28. The molecule has 1 aromatic heterocycles. The number of ether oxygens (including phenoxy) is 1. The van der Waals surface area contributed by atoms with Crippen LogP contribution in [-0.2, 0) is 0 Å². The van der Waals surface area contributed by atoms with Crippen LogP contribution in [0.15, 0.2) is 42.6 Å². The molecule has 86 valence electrons. The molecule has 5 heteroatoms. The zero-order valence-electron chi connectivity index (χ0n) is 8.63. The number of carboxylic acids is 1. The number of hydrogen-bond acceptors (Lipinski definition) is 3. The molecule has 0 unspecified atom stereocenters. The van der Waals surface area contributed by atoms with Gasteiger partial charge in [0.15, 0.2) is 0 Å². The maximum atomic E-state index is 12.9. The highest BCUT2D eigenvalue weighted by molar-refractivity contribution is 5.90. The van der Waals surface area contributed by atoms with Crippen LogP contribution in [0, 0.1) is 5.82 Å². The van der Waals surface area contributed by atoms with Gasteiger partial charge in [0.25, 0.3) is 0 Å². The molecule has 2 aromatic rings. The fraction of sp³-hybridized carbons (Fsp3) is 0. The van der Waals surface area contributed by atoms with E-state index in [2.05, 4.69) is 4.98 Å². The molecular weight excluding hydrogens is 225 g/mol. The Bertz CT molecular complexity index is 557. The quantitative estimate of drug-likeness (QED) is 0.885. The SMILES string of the molecule is O=C(O)c1cccnc1Oc1cccc(F)c1. The van der Waals surface area contributed by atoms with Crippen LogP contribution in [0.3, 0.4) is 0 Å². The summed E-state index contributed by atoms with van der Waals surface area (Å²) in [5, 5.41) is 8.90. The van der Waals surface area contributed by atoms with Crippen LogP contribution in [0.4, 0.5) is 4.39 Å². The zero-order valence-corrected chi connectivity index (χ0v) is 8.63. The van der Waals surface area contributed by atoms with Crippen molar-refractivity contribution in [3.63, 3.8) is 0 Å². The number of pyridine rings is 1. The van der Waals surface area contributed by atoms with Gasteiger partial charge in [-0.15, -0.1) is 0 Å². The third-order valence-corrected chi connectivity index (χ3v) is 2.01. The Hall–Kier alpha value is -2.43. The van der Waals surface area contributed by atoms with Gasteiger partial charge in [-0.05, 0) is 24.3 Å². The number of benzene rings is 1. The van der Waals surface area contributed by atoms with E-state index in [1.54, 1.807) is 0 Å². The Morgan fingerprint density at radius 3 is 2.82 bits per heavy atom. The van der Waals surface area contributed by atoms with Crippen molar-refractivity contribution in [3.05, 3.63) is 54.0 Å². The lowest BCUT2D eigenvalue weighted by molar-refractivity contribution is 0.0693. The number of carbonyl (C=O) groups is 1. The molecule has 0 bridgehead atoms. The van der Waals surface area contributed by atoms with Gasteiger partial charge in [-0.3, -0.25) is 0 Å². The lowest BCUT2D eigenvalue weighted by atomic mass is 10.3. The third-order valence-electron chi connectivity index (χ3n) is 2.01. The fourth-order valence-electron chi connectivity index (χ4n) is 1.28. The predicted octanol–water partition coefficient (Wildman–Crippen LogP) is 2.71. The minimum atomic E-state index is -1.15. The Labute approximate surface area is 96.3 Å². The van der Waals surface area contributed by atoms with E-state index in [-0.39, 0.29) is 17.2 Å². The average molecular weight is 233 g/mol. The molecule has 0 aliphatic carbocycles. The highest BCUT2D eigenvalue weighted by Crippen LogP contribution is 2.23. The van der Waals surface area contributed by atoms with Gasteiger partial charge in [0.2, 0.25) is 5.88 Å². The molecule has 17 heavy (non-hydrogen) atoms. The van der Waals surface area contributed by atoms with E-state index in [1.165, 1.54) is 36.5 Å². The van der Waals surface area contributed by atoms with Crippen LogP contribution in [0.1, 0.15) is 10.4 Å². The van der Waals surface area contributed by atoms with Gasteiger partial charge in [0.05, 0.1) is 0 Å². The summed E-state index contributed by atoms with van der Waals surface area (Å²) in [7, 11) is 0. The van der Waals surface area contributed by atoms with E-state index in [0.29, 0.717) is 0 Å². The average Bonchev–Trinajstić information content (AvgIpc) is 2.29. The van der Waals surface area contributed by atoms with Crippen LogP contribution < -0.4 is 4.74 Å². The monoisotopic (exact) mass is 233 g/mol. The van der Waals surface area contributed by atoms with E-state index in [1.807, 2.05) is 0 Å². The first-order valence-corrected chi connectivity index (χ1v) is 4.78. The smallest absolute Gasteiger partial charge is 0.341 e. The van der Waals surface area contributed by atoms with Gasteiger partial charge in [-0.1, -0.05) is 6.07 Å². The number of carboxylic acid groups (broad SMARTS) is 1. The highest BCUT2D eigenvalue weighted by Gasteiger charge is 2.12. The van der Waals surface area contributed by atoms with Crippen molar-refractivity contribution in [1.29, 1.82) is 0 Å². The normalized spacial score (nSPS) is 9.94. The summed E-state index contributed by atoms with van der Waals surface area (Å²) in [4.78, 5) is 14.7. The van der Waals surface area contributed by atoms with Crippen molar-refractivity contribution in [2.75, 3.05) is 0 Å². The second-order valence-electron chi connectivity index (χ2n) is 3.22. The molecule has 4 nitrogen and oxygen atoms in total. The molecule has 0 fully saturated rings. The van der Waals surface area contributed by atoms with E-state index < -0.39 is 11.8 Å². The molecule has 0 spiro atoms. The molecule has 0 amide bonds. The molecule has 2 rings (SSSR count). The number of aromatic nitrogens is 1. The van der Waals surface area contributed by atoms with Gasteiger partial charge in [0.1, 0.15) is 17.1 Å². The summed E-state index contributed by atoms with van der Waals surface area (Å²) in [6, 6.07) is 8.26. The number of halogens is 1. The van der Waals surface area contributed by atoms with Crippen molar-refractivity contribution in [2.45, 2.75) is 0 Å². The lowest BCUT2D eigenvalue weighted by Gasteiger charge is -2.06. The van der Waals surface area contributed by atoms with Crippen LogP contribution in [0.2, 0.25) is 0 Å². The van der Waals surface area contributed by atoms with Crippen molar-refractivity contribution in [1.82, 2.24) is 4.98 Å². The van der Waals surface area contributed by atoms with Crippen molar-refractivity contribution >= 4 is 5.97 Å². The molecule has 1 N–H and O–H groups in total. The minimum absolute atomic E-state index is 0.0643. The van der Waals surface area contributed by atoms with E-state index in [9.17, 15) is 9.18 Å². The third kappa shape index (κ3) is 2.57. The van der Waals surface area contributed by atoms with Gasteiger partial charge in [0, 0.05) is 12.3 Å². The maximum absolute atomic E-state index is 12.9. The second kappa shape index (κ2) is 4.61. The summed E-state index contributed by atoms with van der Waals surface area (Å²) in [5.74, 6) is -1.48. The Morgan fingerprint density at radius 1 is 1.29 bits per heavy atom. The van der Waals surface area contributed by atoms with Gasteiger partial charge < -0.3 is 9.84 Å². The molecule has 1 heterocycles. The molecule has 0 aliphatic heterocycles. The van der Waals surface area contributed by atoms with Crippen LogP contribution in [-0.4, -0.2) is 16.1 Å². The topological polar surface area (TPSA) is 59.4 Å². The molecule has 0 saturated carbocycles. The van der Waals surface area contributed by atoms with E-state index >= 15 is 0 Å². The number of hydrogen-bond donors (Lipinski definition) is 1. The first-order chi connectivity index (χ1) is 8.16. The summed E-state index contributed by atoms with van der Waals surface area (Å²) in [6.07, 6.45) is 1.40. The van der Waals surface area contributed by atoms with Crippen LogP contribution in [0.25, 0.3) is 0 Å². The first-order valence-electron chi connectivity index (χ1n) is 4.78. The Balaban J connectivity index is 2.33. The number of rotatable bonds is 3. The van der Waals surface area contributed by atoms with E-state index in [4.69, 9.17) is 9.84 Å². The summed E-state index contributed by atoms with van der Waals surface area (Å²) >= 11 is 0. The summed E-state index contributed by atoms with van der Waals surface area (Å²) < 4.78 is 18.1. The standard InChI is InChI=1S/C12H8FNO3/c13-8-3-1-4-9(7-8)17-11-10(12(15)16)5-2-6-14-11/h1-7H,(H,15,16). The number of aromatic carboxylic acids is 1. The summed E-state index contributed by atoms with van der Waals surface area (Å²) in [6.45, 7) is 0. The van der Waals surface area contributed by atoms with Crippen LogP contribution >= 0.6 is 0 Å². The molecular formula is C12H8FNO3. The van der Waals surface area contributed by atoms with Gasteiger partial charge >= 0.3 is 5.97 Å². The molecule has 0 atom stereocenters. The van der Waals surface area contributed by atoms with Crippen molar-refractivity contribution in [2.24, 2.45) is 0 Å². The van der Waals surface area contributed by atoms with Gasteiger partial charge in [-0.25, -0.2) is 14.2 Å². The van der Waals surface area contributed by atoms with E-state index in [0.717, 1.165) is 6.07 Å². The second-order valence-corrected chi connectivity index (χ2v) is 3.22. The highest BCUT2D eigenvalue weighted by atomic mass is 19.1. The van der Waals surface area contributed by atoms with Crippen molar-refractivity contribution in [3.8, 4) is 11.6 Å². The Morgan fingerprint density at radius 2 is 2.12 bits per heavy atom. The van der Waals surface area contributed by atoms with Crippen LogP contribution in [0.5, 0.6) is 11.6 Å². The molecule has 0 saturated heterocycles. The number of nitrogens with zero attached hydrogens (tertiary/aromatic N) is 1. The Kier molecular flexibility index (Phi) is 3.00.